The molecule has 84 valence electrons. The van der Waals surface area contributed by atoms with Crippen LogP contribution >= 0.6 is 0 Å². The molecule has 0 saturated carbocycles. The lowest BCUT2D eigenvalue weighted by atomic mass is 10.1. The second-order valence-electron chi connectivity index (χ2n) is 4.52. The number of piperidine rings is 1. The molecular weight excluding hydrogens is 182 g/mol. The van der Waals surface area contributed by atoms with E-state index in [1.54, 1.807) is 0 Å². The van der Waals surface area contributed by atoms with Gasteiger partial charge >= 0.3 is 0 Å². The van der Waals surface area contributed by atoms with Crippen LogP contribution in [0.1, 0.15) is 30.4 Å². The monoisotopic (exact) mass is 205 g/mol. The van der Waals surface area contributed by atoms with Gasteiger partial charge in [-0.05, 0) is 46.8 Å². The fourth-order valence-electron chi connectivity index (χ4n) is 1.69. The van der Waals surface area contributed by atoms with Gasteiger partial charge < -0.3 is 4.90 Å². The molecule has 1 heteroatoms. The van der Waals surface area contributed by atoms with E-state index in [0.717, 1.165) is 0 Å². The molecule has 0 atom stereocenters. The molecule has 0 aliphatic carbocycles. The Morgan fingerprint density at radius 3 is 1.47 bits per heavy atom. The average Bonchev–Trinajstić information content (AvgIpc) is 2.25. The molecule has 0 spiro atoms. The Morgan fingerprint density at radius 2 is 1.20 bits per heavy atom. The van der Waals surface area contributed by atoms with Crippen LogP contribution in [0, 0.1) is 13.8 Å². The number of hydrogen-bond acceptors (Lipinski definition) is 1. The van der Waals surface area contributed by atoms with E-state index in [9.17, 15) is 0 Å². The van der Waals surface area contributed by atoms with Crippen LogP contribution in [0.25, 0.3) is 0 Å². The van der Waals surface area contributed by atoms with Gasteiger partial charge in [0, 0.05) is 0 Å². The molecule has 2 rings (SSSR count). The third-order valence-corrected chi connectivity index (χ3v) is 2.80. The minimum atomic E-state index is 1.32. The molecule has 1 aromatic rings. The summed E-state index contributed by atoms with van der Waals surface area (Å²) in [4.78, 5) is 2.39. The lowest BCUT2D eigenvalue weighted by Gasteiger charge is -2.20. The predicted octanol–water partition coefficient (Wildman–Crippen LogP) is 3.41. The Kier molecular flexibility index (Phi) is 5.41. The summed E-state index contributed by atoms with van der Waals surface area (Å²) in [5.74, 6) is 0. The maximum Gasteiger partial charge on any atom is -0.00218 e. The van der Waals surface area contributed by atoms with Gasteiger partial charge in [0.1, 0.15) is 0 Å². The van der Waals surface area contributed by atoms with Gasteiger partial charge in [-0.3, -0.25) is 0 Å². The van der Waals surface area contributed by atoms with Crippen LogP contribution in [0.5, 0.6) is 0 Å². The number of rotatable bonds is 0. The van der Waals surface area contributed by atoms with Gasteiger partial charge in [0.15, 0.2) is 0 Å². The second-order valence-corrected chi connectivity index (χ2v) is 4.52. The highest BCUT2D eigenvalue weighted by Gasteiger charge is 2.02. The zero-order valence-corrected chi connectivity index (χ0v) is 10.3. The third-order valence-electron chi connectivity index (χ3n) is 2.80. The van der Waals surface area contributed by atoms with Gasteiger partial charge in [-0.25, -0.2) is 0 Å². The molecule has 15 heavy (non-hydrogen) atoms. The summed E-state index contributed by atoms with van der Waals surface area (Å²) in [6.07, 6.45) is 4.28. The normalized spacial score (nSPS) is 16.7. The number of aryl methyl sites for hydroxylation is 2. The Labute approximate surface area is 94.1 Å². The van der Waals surface area contributed by atoms with E-state index in [4.69, 9.17) is 0 Å². The molecule has 1 nitrogen and oxygen atoms in total. The first-order valence-electron chi connectivity index (χ1n) is 5.90. The van der Waals surface area contributed by atoms with Crippen LogP contribution in [-0.2, 0) is 0 Å². The van der Waals surface area contributed by atoms with Gasteiger partial charge in [0.2, 0.25) is 0 Å². The van der Waals surface area contributed by atoms with Crippen molar-refractivity contribution in [1.82, 2.24) is 4.90 Å². The van der Waals surface area contributed by atoms with Crippen molar-refractivity contribution >= 4 is 0 Å². The molecule has 0 unspecified atom stereocenters. The summed E-state index contributed by atoms with van der Waals surface area (Å²) in [5.41, 5.74) is 2.66. The highest BCUT2D eigenvalue weighted by Crippen LogP contribution is 2.04. The van der Waals surface area contributed by atoms with Crippen molar-refractivity contribution in [3.63, 3.8) is 0 Å². The Hall–Kier alpha value is -0.820. The van der Waals surface area contributed by atoms with Gasteiger partial charge in [0.25, 0.3) is 0 Å². The van der Waals surface area contributed by atoms with E-state index in [1.165, 1.54) is 43.5 Å². The fourth-order valence-corrected chi connectivity index (χ4v) is 1.69. The SMILES string of the molecule is CN1CCCCC1.Cc1ccc(C)cc1. The van der Waals surface area contributed by atoms with Crippen LogP contribution < -0.4 is 0 Å². The summed E-state index contributed by atoms with van der Waals surface area (Å²) >= 11 is 0. The Morgan fingerprint density at radius 1 is 0.800 bits per heavy atom. The summed E-state index contributed by atoms with van der Waals surface area (Å²) in [6.45, 7) is 6.83. The first-order valence-corrected chi connectivity index (χ1v) is 5.90. The van der Waals surface area contributed by atoms with E-state index < -0.39 is 0 Å². The lowest BCUT2D eigenvalue weighted by molar-refractivity contribution is 0.277. The molecular formula is C14H23N. The van der Waals surface area contributed by atoms with E-state index in [-0.39, 0.29) is 0 Å². The maximum absolute atomic E-state index is 2.39. The molecule has 1 saturated heterocycles. The Balaban J connectivity index is 0.000000151. The lowest BCUT2D eigenvalue weighted by Crippen LogP contribution is -2.24. The van der Waals surface area contributed by atoms with E-state index in [0.29, 0.717) is 0 Å². The van der Waals surface area contributed by atoms with Crippen molar-refractivity contribution in [3.8, 4) is 0 Å². The van der Waals surface area contributed by atoms with Crippen molar-refractivity contribution in [2.24, 2.45) is 0 Å². The zero-order chi connectivity index (χ0) is 11.1. The van der Waals surface area contributed by atoms with Crippen LogP contribution in [-0.4, -0.2) is 25.0 Å². The Bertz CT molecular complexity index is 236. The molecule has 1 heterocycles. The number of hydrogen-bond donors (Lipinski definition) is 0. The molecule has 0 amide bonds. The summed E-state index contributed by atoms with van der Waals surface area (Å²) < 4.78 is 0. The van der Waals surface area contributed by atoms with Crippen molar-refractivity contribution in [3.05, 3.63) is 35.4 Å². The molecule has 0 radical (unpaired) electrons. The minimum absolute atomic E-state index is 1.32. The standard InChI is InChI=1S/C8H10.C6H13N/c1-7-3-5-8(2)6-4-7;1-7-5-3-2-4-6-7/h3-6H,1-2H3;2-6H2,1H3. The van der Waals surface area contributed by atoms with Crippen LogP contribution in [0.15, 0.2) is 24.3 Å². The number of likely N-dealkylation sites (tertiary alicyclic amines) is 1. The van der Waals surface area contributed by atoms with Crippen molar-refractivity contribution in [2.45, 2.75) is 33.1 Å². The van der Waals surface area contributed by atoms with E-state index >= 15 is 0 Å². The topological polar surface area (TPSA) is 3.24 Å². The largest absolute Gasteiger partial charge is 0.306 e. The number of benzene rings is 1. The predicted molar refractivity (Wildman–Crippen MR) is 67.3 cm³/mol. The van der Waals surface area contributed by atoms with Crippen LogP contribution in [0.2, 0.25) is 0 Å². The molecule has 1 aromatic carbocycles. The maximum atomic E-state index is 2.39. The average molecular weight is 205 g/mol. The fraction of sp³-hybridized carbons (Fsp3) is 0.571. The molecule has 1 aliphatic rings. The van der Waals surface area contributed by atoms with Crippen LogP contribution in [0.3, 0.4) is 0 Å². The van der Waals surface area contributed by atoms with Crippen molar-refractivity contribution < 1.29 is 0 Å². The molecule has 0 N–H and O–H groups in total. The molecule has 0 aromatic heterocycles. The quantitative estimate of drug-likeness (QED) is 0.627. The molecule has 1 fully saturated rings. The minimum Gasteiger partial charge on any atom is -0.306 e. The van der Waals surface area contributed by atoms with Gasteiger partial charge in [0.05, 0.1) is 0 Å². The highest BCUT2D eigenvalue weighted by molar-refractivity contribution is 5.19. The summed E-state index contributed by atoms with van der Waals surface area (Å²) in [6, 6.07) is 8.48. The van der Waals surface area contributed by atoms with Gasteiger partial charge in [-0.2, -0.15) is 0 Å². The zero-order valence-electron chi connectivity index (χ0n) is 10.3. The summed E-state index contributed by atoms with van der Waals surface area (Å²) in [7, 11) is 2.19. The molecule has 1 aliphatic heterocycles. The highest BCUT2D eigenvalue weighted by atomic mass is 15.1. The molecule has 0 bridgehead atoms. The smallest absolute Gasteiger partial charge is 0.00218 e. The second kappa shape index (κ2) is 6.62. The van der Waals surface area contributed by atoms with Crippen LogP contribution in [0.4, 0.5) is 0 Å². The van der Waals surface area contributed by atoms with E-state index in [1.807, 2.05) is 0 Å². The summed E-state index contributed by atoms with van der Waals surface area (Å²) in [5, 5.41) is 0. The number of nitrogens with zero attached hydrogens (tertiary/aromatic N) is 1. The van der Waals surface area contributed by atoms with Gasteiger partial charge in [-0.15, -0.1) is 0 Å². The first-order chi connectivity index (χ1) is 7.18. The third kappa shape index (κ3) is 5.58. The van der Waals surface area contributed by atoms with E-state index in [2.05, 4.69) is 50.1 Å². The van der Waals surface area contributed by atoms with Crippen molar-refractivity contribution in [2.75, 3.05) is 20.1 Å². The van der Waals surface area contributed by atoms with Gasteiger partial charge in [-0.1, -0.05) is 41.8 Å². The first kappa shape index (κ1) is 12.3. The van der Waals surface area contributed by atoms with Crippen molar-refractivity contribution in [1.29, 1.82) is 0 Å².